The Labute approximate surface area is 218 Å². The van der Waals surface area contributed by atoms with Crippen LogP contribution in [-0.4, -0.2) is 55.8 Å². The lowest BCUT2D eigenvalue weighted by molar-refractivity contribution is 0.0919. The molecule has 0 bridgehead atoms. The number of allylic oxidation sites excluding steroid dienone is 1. The van der Waals surface area contributed by atoms with Crippen molar-refractivity contribution in [2.45, 2.75) is 45.1 Å². The summed E-state index contributed by atoms with van der Waals surface area (Å²) >= 11 is 0. The molecule has 0 aliphatic carbocycles. The van der Waals surface area contributed by atoms with Crippen molar-refractivity contribution < 1.29 is 14.3 Å². The first-order chi connectivity index (χ1) is 18.0. The van der Waals surface area contributed by atoms with Crippen LogP contribution in [0.5, 0.6) is 11.5 Å². The third-order valence-electron chi connectivity index (χ3n) is 6.78. The molecule has 1 fully saturated rings. The van der Waals surface area contributed by atoms with Crippen molar-refractivity contribution in [1.29, 1.82) is 5.26 Å². The summed E-state index contributed by atoms with van der Waals surface area (Å²) < 4.78 is 10.4. The minimum absolute atomic E-state index is 0.00493. The van der Waals surface area contributed by atoms with Crippen LogP contribution in [0, 0.1) is 11.3 Å². The Hall–Kier alpha value is -4.12. The summed E-state index contributed by atoms with van der Waals surface area (Å²) in [5.74, 6) is 2.72. The normalized spacial score (nSPS) is 19.1. The molecule has 0 saturated carbocycles. The molecule has 192 valence electrons. The number of aliphatic imine (C=N–C) groups is 2. The molecule has 4 rings (SSSR count). The van der Waals surface area contributed by atoms with Crippen molar-refractivity contribution in [2.24, 2.45) is 9.98 Å². The number of amides is 1. The highest BCUT2D eigenvalue weighted by molar-refractivity contribution is 6.11. The first kappa shape index (κ1) is 26.0. The standard InChI is InChI=1S/C29H33N5O3/c1-4-20-9-16-27(33-28(26(20)18-30)31-22-10-14-25(37-3)15-11-22)34-17-5-6-23(19-34)32-29(35)21-7-12-24(36-2)13-8-21/h7-8,10-15,23H,4-6,9,16-17,19H2,1-3H3,(H,32,35). The Morgan fingerprint density at radius 2 is 1.78 bits per heavy atom. The van der Waals surface area contributed by atoms with Gasteiger partial charge in [-0.25, -0.2) is 9.98 Å². The quantitative estimate of drug-likeness (QED) is 0.600. The van der Waals surface area contributed by atoms with E-state index in [1.807, 2.05) is 24.3 Å². The van der Waals surface area contributed by atoms with Crippen LogP contribution in [0.25, 0.3) is 0 Å². The van der Waals surface area contributed by atoms with Gasteiger partial charge in [-0.15, -0.1) is 0 Å². The Bertz CT molecular complexity index is 1240. The number of carbonyl (C=O) groups excluding carboxylic acids is 1. The average Bonchev–Trinajstić information content (AvgIpc) is 3.12. The van der Waals surface area contributed by atoms with Gasteiger partial charge in [0, 0.05) is 31.1 Å². The van der Waals surface area contributed by atoms with Crippen LogP contribution < -0.4 is 14.8 Å². The molecule has 2 aliphatic rings. The van der Waals surface area contributed by atoms with Gasteiger partial charge in [-0.2, -0.15) is 5.26 Å². The van der Waals surface area contributed by atoms with Crippen molar-refractivity contribution in [3.63, 3.8) is 0 Å². The fourth-order valence-electron chi connectivity index (χ4n) is 4.69. The maximum Gasteiger partial charge on any atom is 0.251 e. The molecule has 1 saturated heterocycles. The van der Waals surface area contributed by atoms with Crippen LogP contribution >= 0.6 is 0 Å². The molecule has 2 aliphatic heterocycles. The Balaban J connectivity index is 1.54. The second kappa shape index (κ2) is 12.2. The molecule has 1 N–H and O–H groups in total. The number of amidine groups is 2. The minimum Gasteiger partial charge on any atom is -0.497 e. The van der Waals surface area contributed by atoms with Crippen LogP contribution in [0.1, 0.15) is 49.4 Å². The smallest absolute Gasteiger partial charge is 0.251 e. The molecule has 37 heavy (non-hydrogen) atoms. The van der Waals surface area contributed by atoms with Crippen molar-refractivity contribution in [2.75, 3.05) is 27.3 Å². The highest BCUT2D eigenvalue weighted by atomic mass is 16.5. The zero-order valence-electron chi connectivity index (χ0n) is 21.7. The van der Waals surface area contributed by atoms with Crippen LogP contribution in [0.4, 0.5) is 5.69 Å². The lowest BCUT2D eigenvalue weighted by Gasteiger charge is -2.35. The molecule has 2 aromatic rings. The average molecular weight is 500 g/mol. The SMILES string of the molecule is CCC1=C(C#N)C(=Nc2ccc(OC)cc2)N=C(N2CCCC(NC(=O)c3ccc(OC)cc3)C2)CC1. The number of piperidine rings is 1. The van der Waals surface area contributed by atoms with Crippen molar-refractivity contribution in [3.05, 3.63) is 65.2 Å². The van der Waals surface area contributed by atoms with E-state index in [9.17, 15) is 10.1 Å². The number of likely N-dealkylation sites (tertiary alicyclic amines) is 1. The van der Waals surface area contributed by atoms with Gasteiger partial charge < -0.3 is 19.7 Å². The number of hydrogen-bond acceptors (Lipinski definition) is 6. The summed E-state index contributed by atoms with van der Waals surface area (Å²) in [6.45, 7) is 3.58. The Morgan fingerprint density at radius 1 is 1.11 bits per heavy atom. The predicted octanol–water partition coefficient (Wildman–Crippen LogP) is 5.05. The van der Waals surface area contributed by atoms with Gasteiger partial charge in [0.1, 0.15) is 23.4 Å². The lowest BCUT2D eigenvalue weighted by Crippen LogP contribution is -2.49. The maximum absolute atomic E-state index is 12.8. The molecule has 0 radical (unpaired) electrons. The number of nitrogens with zero attached hydrogens (tertiary/aromatic N) is 4. The van der Waals surface area contributed by atoms with Crippen molar-refractivity contribution >= 4 is 23.3 Å². The largest absolute Gasteiger partial charge is 0.497 e. The molecular formula is C29H33N5O3. The first-order valence-corrected chi connectivity index (χ1v) is 12.7. The van der Waals surface area contributed by atoms with E-state index in [1.165, 1.54) is 0 Å². The molecule has 0 spiro atoms. The number of ether oxygens (including phenoxy) is 2. The minimum atomic E-state index is -0.0965. The van der Waals surface area contributed by atoms with E-state index in [4.69, 9.17) is 19.5 Å². The van der Waals surface area contributed by atoms with Gasteiger partial charge in [0.25, 0.3) is 5.91 Å². The number of hydrogen-bond donors (Lipinski definition) is 1. The van der Waals surface area contributed by atoms with E-state index in [0.717, 1.165) is 61.6 Å². The summed E-state index contributed by atoms with van der Waals surface area (Å²) in [4.78, 5) is 24.8. The molecule has 1 atom stereocenters. The van der Waals surface area contributed by atoms with E-state index >= 15 is 0 Å². The monoisotopic (exact) mass is 499 g/mol. The predicted molar refractivity (Wildman–Crippen MR) is 145 cm³/mol. The first-order valence-electron chi connectivity index (χ1n) is 12.7. The Morgan fingerprint density at radius 3 is 2.41 bits per heavy atom. The van der Waals surface area contributed by atoms with Crippen molar-refractivity contribution in [1.82, 2.24) is 10.2 Å². The number of benzene rings is 2. The van der Waals surface area contributed by atoms with Gasteiger partial charge in [-0.1, -0.05) is 6.92 Å². The topological polar surface area (TPSA) is 99.3 Å². The molecule has 2 heterocycles. The summed E-state index contributed by atoms with van der Waals surface area (Å²) in [7, 11) is 3.23. The lowest BCUT2D eigenvalue weighted by atomic mass is 10.0. The highest BCUT2D eigenvalue weighted by Gasteiger charge is 2.27. The second-order valence-electron chi connectivity index (χ2n) is 9.09. The van der Waals surface area contributed by atoms with Gasteiger partial charge in [-0.05, 0) is 79.8 Å². The zero-order valence-corrected chi connectivity index (χ0v) is 21.7. The molecule has 8 heteroatoms. The van der Waals surface area contributed by atoms with E-state index < -0.39 is 0 Å². The van der Waals surface area contributed by atoms with Crippen LogP contribution in [0.15, 0.2) is 69.7 Å². The van der Waals surface area contributed by atoms with E-state index in [2.05, 4.69) is 23.2 Å². The maximum atomic E-state index is 12.8. The molecule has 1 unspecified atom stereocenters. The van der Waals surface area contributed by atoms with Gasteiger partial charge in [0.15, 0.2) is 5.84 Å². The second-order valence-corrected chi connectivity index (χ2v) is 9.09. The van der Waals surface area contributed by atoms with E-state index in [1.54, 1.807) is 38.5 Å². The number of methoxy groups -OCH3 is 2. The summed E-state index contributed by atoms with van der Waals surface area (Å²) in [6.07, 6.45) is 4.11. The third-order valence-corrected chi connectivity index (χ3v) is 6.78. The third kappa shape index (κ3) is 6.36. The van der Waals surface area contributed by atoms with E-state index in [-0.39, 0.29) is 11.9 Å². The van der Waals surface area contributed by atoms with Crippen LogP contribution in [-0.2, 0) is 0 Å². The molecule has 8 nitrogen and oxygen atoms in total. The van der Waals surface area contributed by atoms with Gasteiger partial charge in [0.2, 0.25) is 0 Å². The number of rotatable bonds is 6. The van der Waals surface area contributed by atoms with Crippen LogP contribution in [0.2, 0.25) is 0 Å². The molecule has 2 aromatic carbocycles. The molecular weight excluding hydrogens is 466 g/mol. The summed E-state index contributed by atoms with van der Waals surface area (Å²) in [6, 6.07) is 16.9. The van der Waals surface area contributed by atoms with Gasteiger partial charge in [-0.3, -0.25) is 4.79 Å². The Kier molecular flexibility index (Phi) is 8.57. The molecule has 0 aromatic heterocycles. The zero-order chi connectivity index (χ0) is 26.2. The fraction of sp³-hybridized carbons (Fsp3) is 0.379. The summed E-state index contributed by atoms with van der Waals surface area (Å²) in [5.41, 5.74) is 2.94. The van der Waals surface area contributed by atoms with Crippen LogP contribution in [0.3, 0.4) is 0 Å². The summed E-state index contributed by atoms with van der Waals surface area (Å²) in [5, 5.41) is 13.2. The number of carbonyl (C=O) groups is 1. The van der Waals surface area contributed by atoms with Gasteiger partial charge >= 0.3 is 0 Å². The molecule has 1 amide bonds. The number of nitrogens with one attached hydrogen (secondary N) is 1. The van der Waals surface area contributed by atoms with Crippen molar-refractivity contribution in [3.8, 4) is 17.6 Å². The highest BCUT2D eigenvalue weighted by Crippen LogP contribution is 2.26. The fourth-order valence-corrected chi connectivity index (χ4v) is 4.69. The van der Waals surface area contributed by atoms with Gasteiger partial charge in [0.05, 0.1) is 25.5 Å². The van der Waals surface area contributed by atoms with E-state index in [0.29, 0.717) is 29.2 Å². The number of nitriles is 1.